The molecule has 0 radical (unpaired) electrons. The fourth-order valence-electron chi connectivity index (χ4n) is 1.08. The van der Waals surface area contributed by atoms with Crippen LogP contribution in [0.5, 0.6) is 0 Å². The first-order valence-corrected chi connectivity index (χ1v) is 4.66. The Balaban J connectivity index is 3.00. The molecule has 1 heterocycles. The van der Waals surface area contributed by atoms with Crippen LogP contribution in [0.15, 0.2) is 40.1 Å². The van der Waals surface area contributed by atoms with E-state index in [1.807, 2.05) is 26.0 Å². The first kappa shape index (κ1) is 10.4. The molecule has 0 saturated heterocycles. The van der Waals surface area contributed by atoms with E-state index in [0.717, 1.165) is 12.1 Å². The lowest BCUT2D eigenvalue weighted by Crippen LogP contribution is -2.01. The number of rotatable bonds is 3. The Hall–Kier alpha value is -1.64. The van der Waals surface area contributed by atoms with Crippen molar-refractivity contribution in [2.75, 3.05) is 0 Å². The van der Waals surface area contributed by atoms with Crippen molar-refractivity contribution in [2.45, 2.75) is 20.3 Å². The zero-order chi connectivity index (χ0) is 10.4. The molecule has 0 spiro atoms. The van der Waals surface area contributed by atoms with Crippen molar-refractivity contribution in [3.8, 4) is 0 Å². The highest BCUT2D eigenvalue weighted by molar-refractivity contribution is 5.96. The SMILES string of the molecule is C/C=C\C(CC)=Nc1cccc(=O)[nH]1. The molecule has 14 heavy (non-hydrogen) atoms. The highest BCUT2D eigenvalue weighted by Crippen LogP contribution is 2.05. The van der Waals surface area contributed by atoms with Crippen molar-refractivity contribution in [3.05, 3.63) is 40.7 Å². The third kappa shape index (κ3) is 3.01. The van der Waals surface area contributed by atoms with Crippen molar-refractivity contribution in [3.63, 3.8) is 0 Å². The number of aromatic amines is 1. The molecule has 1 rings (SSSR count). The Labute approximate surface area is 83.2 Å². The molecule has 74 valence electrons. The predicted octanol–water partition coefficient (Wildman–Crippen LogP) is 2.43. The maximum atomic E-state index is 11.0. The highest BCUT2D eigenvalue weighted by Gasteiger charge is 1.92. The van der Waals surface area contributed by atoms with Gasteiger partial charge in [-0.3, -0.25) is 4.79 Å². The molecule has 0 saturated carbocycles. The molecule has 1 aromatic rings. The summed E-state index contributed by atoms with van der Waals surface area (Å²) in [7, 11) is 0. The van der Waals surface area contributed by atoms with Crippen molar-refractivity contribution in [2.24, 2.45) is 4.99 Å². The third-order valence-corrected chi connectivity index (χ3v) is 1.74. The molecule has 0 bridgehead atoms. The zero-order valence-corrected chi connectivity index (χ0v) is 8.45. The number of aromatic nitrogens is 1. The lowest BCUT2D eigenvalue weighted by molar-refractivity contribution is 1.19. The minimum atomic E-state index is -0.123. The van der Waals surface area contributed by atoms with Gasteiger partial charge < -0.3 is 4.98 Å². The van der Waals surface area contributed by atoms with E-state index < -0.39 is 0 Å². The summed E-state index contributed by atoms with van der Waals surface area (Å²) in [6, 6.07) is 4.95. The van der Waals surface area contributed by atoms with Crippen LogP contribution in [0.2, 0.25) is 0 Å². The Kier molecular flexibility index (Phi) is 3.85. The van der Waals surface area contributed by atoms with E-state index in [-0.39, 0.29) is 5.56 Å². The number of pyridine rings is 1. The van der Waals surface area contributed by atoms with Crippen LogP contribution in [0, 0.1) is 0 Å². The van der Waals surface area contributed by atoms with Gasteiger partial charge in [-0.2, -0.15) is 0 Å². The molecule has 0 fully saturated rings. The summed E-state index contributed by atoms with van der Waals surface area (Å²) in [4.78, 5) is 17.9. The monoisotopic (exact) mass is 190 g/mol. The van der Waals surface area contributed by atoms with Crippen molar-refractivity contribution in [1.29, 1.82) is 0 Å². The van der Waals surface area contributed by atoms with E-state index in [4.69, 9.17) is 0 Å². The van der Waals surface area contributed by atoms with Crippen molar-refractivity contribution >= 4 is 11.5 Å². The lowest BCUT2D eigenvalue weighted by atomic mass is 10.2. The predicted molar refractivity (Wildman–Crippen MR) is 59.3 cm³/mol. The first-order chi connectivity index (χ1) is 6.76. The number of H-pyrrole nitrogens is 1. The van der Waals surface area contributed by atoms with Gasteiger partial charge in [-0.1, -0.05) is 19.1 Å². The van der Waals surface area contributed by atoms with E-state index in [1.165, 1.54) is 6.07 Å². The van der Waals surface area contributed by atoms with Gasteiger partial charge in [0.05, 0.1) is 0 Å². The molecule has 0 aliphatic rings. The fraction of sp³-hybridized carbons (Fsp3) is 0.273. The van der Waals surface area contributed by atoms with Crippen LogP contribution in [0.3, 0.4) is 0 Å². The molecule has 0 atom stereocenters. The lowest BCUT2D eigenvalue weighted by Gasteiger charge is -1.96. The summed E-state index contributed by atoms with van der Waals surface area (Å²) in [6.45, 7) is 3.97. The topological polar surface area (TPSA) is 45.2 Å². The second kappa shape index (κ2) is 5.17. The standard InChI is InChI=1S/C11H14N2O/c1-3-6-9(4-2)12-10-7-5-8-11(14)13-10/h3,5-8H,4H2,1-2H3,(H,13,14)/b6-3-,12-9?. The van der Waals surface area contributed by atoms with Gasteiger partial charge >= 0.3 is 0 Å². The van der Waals surface area contributed by atoms with Crippen LogP contribution in [-0.2, 0) is 0 Å². The smallest absolute Gasteiger partial charge is 0.249 e. The van der Waals surface area contributed by atoms with E-state index in [9.17, 15) is 4.79 Å². The number of aliphatic imine (C=N–C) groups is 1. The number of nitrogens with one attached hydrogen (secondary N) is 1. The minimum absolute atomic E-state index is 0.123. The molecule has 0 aliphatic carbocycles. The van der Waals surface area contributed by atoms with E-state index in [2.05, 4.69) is 9.98 Å². The molecular weight excluding hydrogens is 176 g/mol. The van der Waals surface area contributed by atoms with E-state index in [0.29, 0.717) is 5.82 Å². The molecule has 1 N–H and O–H groups in total. The van der Waals surface area contributed by atoms with E-state index in [1.54, 1.807) is 12.1 Å². The Morgan fingerprint density at radius 1 is 1.57 bits per heavy atom. The zero-order valence-electron chi connectivity index (χ0n) is 8.45. The van der Waals surface area contributed by atoms with Gasteiger partial charge in [0.1, 0.15) is 5.82 Å². The molecular formula is C11H14N2O. The quantitative estimate of drug-likeness (QED) is 0.731. The van der Waals surface area contributed by atoms with Gasteiger partial charge in [-0.15, -0.1) is 0 Å². The summed E-state index contributed by atoms with van der Waals surface area (Å²) in [6.07, 6.45) is 4.72. The van der Waals surface area contributed by atoms with Crippen LogP contribution in [0.4, 0.5) is 5.82 Å². The maximum absolute atomic E-state index is 11.0. The van der Waals surface area contributed by atoms with Gasteiger partial charge in [0, 0.05) is 11.8 Å². The summed E-state index contributed by atoms with van der Waals surface area (Å²) in [5.41, 5.74) is 0.830. The van der Waals surface area contributed by atoms with Crippen molar-refractivity contribution in [1.82, 2.24) is 4.98 Å². The number of hydrogen-bond acceptors (Lipinski definition) is 2. The van der Waals surface area contributed by atoms with Gasteiger partial charge in [0.2, 0.25) is 5.56 Å². The van der Waals surface area contributed by atoms with Crippen LogP contribution >= 0.6 is 0 Å². The summed E-state index contributed by atoms with van der Waals surface area (Å²) in [5.74, 6) is 0.604. The van der Waals surface area contributed by atoms with Crippen molar-refractivity contribution < 1.29 is 0 Å². The van der Waals surface area contributed by atoms with Crippen LogP contribution in [0.1, 0.15) is 20.3 Å². The summed E-state index contributed by atoms with van der Waals surface area (Å²) >= 11 is 0. The molecule has 0 amide bonds. The molecule has 0 unspecified atom stereocenters. The number of allylic oxidation sites excluding steroid dienone is 2. The van der Waals surface area contributed by atoms with E-state index >= 15 is 0 Å². The third-order valence-electron chi connectivity index (χ3n) is 1.74. The van der Waals surface area contributed by atoms with Crippen LogP contribution in [0.25, 0.3) is 0 Å². The van der Waals surface area contributed by atoms with Crippen LogP contribution in [-0.4, -0.2) is 10.7 Å². The maximum Gasteiger partial charge on any atom is 0.249 e. The second-order valence-electron chi connectivity index (χ2n) is 2.86. The van der Waals surface area contributed by atoms with Gasteiger partial charge in [-0.25, -0.2) is 4.99 Å². The highest BCUT2D eigenvalue weighted by atomic mass is 16.1. The molecule has 3 nitrogen and oxygen atoms in total. The Bertz CT molecular complexity index is 402. The summed E-state index contributed by atoms with van der Waals surface area (Å²) in [5, 5.41) is 0. The molecule has 0 aromatic carbocycles. The van der Waals surface area contributed by atoms with Gasteiger partial charge in [-0.05, 0) is 25.5 Å². The minimum Gasteiger partial charge on any atom is -0.307 e. The van der Waals surface area contributed by atoms with Gasteiger partial charge in [0.25, 0.3) is 0 Å². The normalized spacial score (nSPS) is 12.3. The first-order valence-electron chi connectivity index (χ1n) is 4.66. The molecule has 1 aromatic heterocycles. The average molecular weight is 190 g/mol. The number of hydrogen-bond donors (Lipinski definition) is 1. The molecule has 3 heteroatoms. The fourth-order valence-corrected chi connectivity index (χ4v) is 1.08. The average Bonchev–Trinajstić information content (AvgIpc) is 2.17. The van der Waals surface area contributed by atoms with Crippen LogP contribution < -0.4 is 5.56 Å². The van der Waals surface area contributed by atoms with Gasteiger partial charge in [0.15, 0.2) is 0 Å². The number of nitrogens with zero attached hydrogens (tertiary/aromatic N) is 1. The summed E-state index contributed by atoms with van der Waals surface area (Å²) < 4.78 is 0. The molecule has 0 aliphatic heterocycles. The Morgan fingerprint density at radius 2 is 2.36 bits per heavy atom. The largest absolute Gasteiger partial charge is 0.307 e. The Morgan fingerprint density at radius 3 is 2.93 bits per heavy atom. The second-order valence-corrected chi connectivity index (χ2v) is 2.86.